The lowest BCUT2D eigenvalue weighted by Gasteiger charge is -2.53. The number of benzene rings is 1. The van der Waals surface area contributed by atoms with E-state index in [-0.39, 0.29) is 35.3 Å². The fraction of sp³-hybridized carbons (Fsp3) is 0.400. The van der Waals surface area contributed by atoms with E-state index in [0.717, 1.165) is 0 Å². The molecule has 2 saturated carbocycles. The summed E-state index contributed by atoms with van der Waals surface area (Å²) in [4.78, 5) is 47.3. The SMILES string of the molecule is CN(C)c1cc(C#Cc2ccccn2)c(O)c2c1C[C@@H]1C[C@@H]3[C@@H](N(C)C)C(O)C(C(N)=O)C(=O)[C@]3(O)C(=O)C1=C2O. The number of aliphatic hydroxyl groups excluding tert-OH is 2. The molecule has 2 aromatic rings. The second-order valence-electron chi connectivity index (χ2n) is 11.3. The van der Waals surface area contributed by atoms with Gasteiger partial charge in [-0.2, -0.15) is 0 Å². The van der Waals surface area contributed by atoms with E-state index in [1.165, 1.54) is 0 Å². The number of aliphatic hydroxyl groups is 3. The monoisotopic (exact) mass is 560 g/mol. The Kier molecular flexibility index (Phi) is 6.90. The van der Waals surface area contributed by atoms with E-state index in [2.05, 4.69) is 16.8 Å². The minimum Gasteiger partial charge on any atom is -0.507 e. The Balaban J connectivity index is 1.70. The smallest absolute Gasteiger partial charge is 0.230 e. The van der Waals surface area contributed by atoms with Gasteiger partial charge in [-0.15, -0.1) is 0 Å². The van der Waals surface area contributed by atoms with Crippen molar-refractivity contribution in [3.05, 3.63) is 58.4 Å². The number of aromatic nitrogens is 1. The molecule has 2 unspecified atom stereocenters. The van der Waals surface area contributed by atoms with Gasteiger partial charge in [0, 0.05) is 43.5 Å². The fourth-order valence-corrected chi connectivity index (χ4v) is 6.71. The summed E-state index contributed by atoms with van der Waals surface area (Å²) in [6, 6.07) is 5.96. The predicted octanol–water partition coefficient (Wildman–Crippen LogP) is -0.0102. The van der Waals surface area contributed by atoms with Gasteiger partial charge in [-0.25, -0.2) is 4.98 Å². The number of hydrogen-bond acceptors (Lipinski definition) is 10. The number of nitrogens with two attached hydrogens (primary N) is 1. The third-order valence-corrected chi connectivity index (χ3v) is 8.54. The number of phenols is 1. The molecule has 0 spiro atoms. The number of phenolic OH excluding ortho intramolecular Hbond substituents is 1. The first-order valence-electron chi connectivity index (χ1n) is 13.2. The molecule has 3 aliphatic carbocycles. The Morgan fingerprint density at radius 3 is 2.44 bits per heavy atom. The van der Waals surface area contributed by atoms with Gasteiger partial charge in [0.2, 0.25) is 11.7 Å². The first-order chi connectivity index (χ1) is 19.3. The van der Waals surface area contributed by atoms with E-state index in [1.807, 2.05) is 0 Å². The van der Waals surface area contributed by atoms with Crippen LogP contribution in [0, 0.1) is 29.6 Å². The van der Waals surface area contributed by atoms with E-state index in [9.17, 15) is 34.8 Å². The topological polar surface area (TPSA) is 178 Å². The molecule has 1 aromatic carbocycles. The summed E-state index contributed by atoms with van der Waals surface area (Å²) in [6.45, 7) is 0. The lowest BCUT2D eigenvalue weighted by molar-refractivity contribution is -0.184. The van der Waals surface area contributed by atoms with E-state index in [4.69, 9.17) is 5.73 Å². The first kappa shape index (κ1) is 28.3. The Labute approximate surface area is 236 Å². The number of aromatic hydroxyl groups is 1. The minimum absolute atomic E-state index is 0.0120. The largest absolute Gasteiger partial charge is 0.507 e. The Bertz CT molecular complexity index is 1560. The second kappa shape index (κ2) is 9.99. The molecule has 0 aliphatic heterocycles. The highest BCUT2D eigenvalue weighted by Crippen LogP contribution is 2.53. The average molecular weight is 561 g/mol. The molecule has 0 saturated heterocycles. The maximum atomic E-state index is 14.0. The van der Waals surface area contributed by atoms with Crippen molar-refractivity contribution in [1.82, 2.24) is 9.88 Å². The van der Waals surface area contributed by atoms with E-state index < -0.39 is 58.7 Å². The van der Waals surface area contributed by atoms with Crippen LogP contribution in [0.2, 0.25) is 0 Å². The number of primary amides is 1. The number of ketones is 2. The highest BCUT2D eigenvalue weighted by atomic mass is 16.3. The molecule has 6 N–H and O–H groups in total. The zero-order chi connectivity index (χ0) is 30.0. The molecule has 1 amide bonds. The number of anilines is 1. The van der Waals surface area contributed by atoms with Crippen LogP contribution in [0.15, 0.2) is 36.0 Å². The second-order valence-corrected chi connectivity index (χ2v) is 11.3. The van der Waals surface area contributed by atoms with E-state index in [1.54, 1.807) is 68.5 Å². The van der Waals surface area contributed by atoms with Crippen LogP contribution >= 0.6 is 0 Å². The predicted molar refractivity (Wildman–Crippen MR) is 149 cm³/mol. The lowest BCUT2D eigenvalue weighted by Crippen LogP contribution is -2.73. The number of rotatable bonds is 3. The van der Waals surface area contributed by atoms with Crippen molar-refractivity contribution in [3.8, 4) is 17.6 Å². The highest BCUT2D eigenvalue weighted by molar-refractivity contribution is 6.25. The molecular formula is C30H32N4O7. The molecule has 11 nitrogen and oxygen atoms in total. The number of hydrogen-bond donors (Lipinski definition) is 5. The third-order valence-electron chi connectivity index (χ3n) is 8.54. The normalized spacial score (nSPS) is 28.8. The molecule has 214 valence electrons. The number of carbonyl (C=O) groups is 3. The summed E-state index contributed by atoms with van der Waals surface area (Å²) in [5, 5.41) is 45.6. The molecule has 0 bridgehead atoms. The van der Waals surface area contributed by atoms with E-state index >= 15 is 0 Å². The number of fused-ring (bicyclic) bond motifs is 3. The number of nitrogens with zero attached hydrogens (tertiary/aromatic N) is 3. The molecule has 2 fully saturated rings. The summed E-state index contributed by atoms with van der Waals surface area (Å²) in [5.74, 6) is -2.11. The van der Waals surface area contributed by atoms with Crippen LogP contribution in [0.5, 0.6) is 5.75 Å². The molecule has 11 heteroatoms. The van der Waals surface area contributed by atoms with Crippen LogP contribution in [0.25, 0.3) is 5.76 Å². The van der Waals surface area contributed by atoms with Crippen molar-refractivity contribution in [2.75, 3.05) is 33.1 Å². The number of pyridine rings is 1. The Hall–Kier alpha value is -4.24. The minimum atomic E-state index is -2.71. The fourth-order valence-electron chi connectivity index (χ4n) is 6.71. The van der Waals surface area contributed by atoms with Crippen molar-refractivity contribution in [2.24, 2.45) is 23.5 Å². The molecular weight excluding hydrogens is 528 g/mol. The quantitative estimate of drug-likeness (QED) is 0.253. The van der Waals surface area contributed by atoms with Gasteiger partial charge in [-0.1, -0.05) is 12.0 Å². The van der Waals surface area contributed by atoms with Crippen LogP contribution in [-0.4, -0.2) is 93.7 Å². The molecule has 1 heterocycles. The lowest BCUT2D eigenvalue weighted by atomic mass is 9.54. The molecule has 41 heavy (non-hydrogen) atoms. The van der Waals surface area contributed by atoms with Gasteiger partial charge in [-0.05, 0) is 62.5 Å². The number of carbonyl (C=O) groups excluding carboxylic acids is 3. The average Bonchev–Trinajstić information content (AvgIpc) is 2.90. The van der Waals surface area contributed by atoms with Gasteiger partial charge in [0.25, 0.3) is 0 Å². The van der Waals surface area contributed by atoms with Gasteiger partial charge in [-0.3, -0.25) is 14.4 Å². The van der Waals surface area contributed by atoms with Gasteiger partial charge in [0.05, 0.1) is 17.2 Å². The van der Waals surface area contributed by atoms with Crippen molar-refractivity contribution in [1.29, 1.82) is 0 Å². The summed E-state index contributed by atoms with van der Waals surface area (Å²) in [6.07, 6.45) is 0.295. The third kappa shape index (κ3) is 4.18. The zero-order valence-corrected chi connectivity index (χ0v) is 23.1. The highest BCUT2D eigenvalue weighted by Gasteiger charge is 2.67. The Morgan fingerprint density at radius 2 is 1.85 bits per heavy atom. The summed E-state index contributed by atoms with van der Waals surface area (Å²) < 4.78 is 0. The van der Waals surface area contributed by atoms with Crippen molar-refractivity contribution >= 4 is 28.9 Å². The number of amides is 1. The summed E-state index contributed by atoms with van der Waals surface area (Å²) in [7, 11) is 6.82. The van der Waals surface area contributed by atoms with Gasteiger partial charge in [0.1, 0.15) is 23.1 Å². The number of Topliss-reactive ketones (excluding diaryl/α,β-unsaturated/α-hetero) is 2. The van der Waals surface area contributed by atoms with Gasteiger partial charge in [0.15, 0.2) is 11.4 Å². The molecule has 5 rings (SSSR count). The van der Waals surface area contributed by atoms with Crippen molar-refractivity contribution < 1.29 is 34.8 Å². The number of likely N-dealkylation sites (N-methyl/N-ethyl adjacent to an activating group) is 1. The van der Waals surface area contributed by atoms with Crippen molar-refractivity contribution in [3.63, 3.8) is 0 Å². The molecule has 3 aliphatic rings. The van der Waals surface area contributed by atoms with Crippen LogP contribution in [0.1, 0.15) is 28.8 Å². The van der Waals surface area contributed by atoms with Gasteiger partial charge >= 0.3 is 0 Å². The Morgan fingerprint density at radius 1 is 1.15 bits per heavy atom. The van der Waals surface area contributed by atoms with Crippen molar-refractivity contribution in [2.45, 2.75) is 30.6 Å². The summed E-state index contributed by atoms with van der Waals surface area (Å²) >= 11 is 0. The molecule has 1 aromatic heterocycles. The maximum absolute atomic E-state index is 14.0. The molecule has 0 radical (unpaired) electrons. The maximum Gasteiger partial charge on any atom is 0.230 e. The zero-order valence-electron chi connectivity index (χ0n) is 23.1. The van der Waals surface area contributed by atoms with Crippen LogP contribution in [0.3, 0.4) is 0 Å². The van der Waals surface area contributed by atoms with Crippen LogP contribution < -0.4 is 10.6 Å². The first-order valence-corrected chi connectivity index (χ1v) is 13.2. The molecule has 6 atom stereocenters. The summed E-state index contributed by atoms with van der Waals surface area (Å²) in [5.41, 5.74) is 4.37. The standard InChI is InChI=1S/C30H32N4O7/c1-33(2)19-13-14(8-9-16-7-5-6-10-32-16)24(35)21-17(19)11-15-12-18-23(34(3)4)26(37)22(29(31)40)28(39)30(18,41)27(38)20(15)25(21)36/h5-7,10,13,15,18,22-23,26,35-37,41H,11-12H2,1-4H3,(H2,31,40)/t15-,18-,22?,23-,26?,30-/m1/s1. The van der Waals surface area contributed by atoms with E-state index in [0.29, 0.717) is 16.9 Å². The van der Waals surface area contributed by atoms with Crippen LogP contribution in [0.4, 0.5) is 5.69 Å². The van der Waals surface area contributed by atoms with Gasteiger partial charge < -0.3 is 36.0 Å². The van der Waals surface area contributed by atoms with Crippen LogP contribution in [-0.2, 0) is 20.8 Å².